The van der Waals surface area contributed by atoms with Crippen LogP contribution in [0.4, 0.5) is 0 Å². The number of para-hydroxylation sites is 1. The van der Waals surface area contributed by atoms with Crippen molar-refractivity contribution in [2.75, 3.05) is 0 Å². The second kappa shape index (κ2) is 14.1. The number of nitrogens with zero attached hydrogens (tertiary/aromatic N) is 1. The van der Waals surface area contributed by atoms with Gasteiger partial charge < -0.3 is 4.57 Å². The lowest BCUT2D eigenvalue weighted by molar-refractivity contribution is 0.298. The first kappa shape index (κ1) is 36.1. The molecule has 4 aliphatic carbocycles. The van der Waals surface area contributed by atoms with Crippen LogP contribution in [-0.4, -0.2) is 4.57 Å². The van der Waals surface area contributed by atoms with Crippen LogP contribution in [0.2, 0.25) is 0 Å². The molecular formula is C57H46BrN. The fraction of sp³-hybridized carbons (Fsp3) is 0.158. The number of rotatable bonds is 6. The zero-order valence-corrected chi connectivity index (χ0v) is 35.1. The molecule has 0 aliphatic heterocycles. The molecule has 1 heterocycles. The third kappa shape index (κ3) is 5.64. The number of allylic oxidation sites excluding steroid dienone is 9. The van der Waals surface area contributed by atoms with E-state index in [9.17, 15) is 0 Å². The normalized spacial score (nSPS) is 22.4. The molecule has 0 saturated carbocycles. The lowest BCUT2D eigenvalue weighted by Crippen LogP contribution is -2.30. The summed E-state index contributed by atoms with van der Waals surface area (Å²) in [5.41, 5.74) is 16.6. The summed E-state index contributed by atoms with van der Waals surface area (Å²) in [6.45, 7) is 4.81. The Morgan fingerprint density at radius 3 is 2.10 bits per heavy atom. The van der Waals surface area contributed by atoms with Crippen molar-refractivity contribution in [2.24, 2.45) is 23.2 Å². The Hall–Kier alpha value is -5.96. The lowest BCUT2D eigenvalue weighted by atomic mass is 9.66. The number of hydrogen-bond acceptors (Lipinski definition) is 0. The molecule has 7 aromatic rings. The predicted molar refractivity (Wildman–Crippen MR) is 251 cm³/mol. The Labute approximate surface area is 356 Å². The third-order valence-electron chi connectivity index (χ3n) is 13.9. The second-order valence-electron chi connectivity index (χ2n) is 17.2. The predicted octanol–water partition coefficient (Wildman–Crippen LogP) is 14.8. The van der Waals surface area contributed by atoms with Crippen LogP contribution in [0.3, 0.4) is 0 Å². The first-order valence-corrected chi connectivity index (χ1v) is 21.9. The van der Waals surface area contributed by atoms with Crippen molar-refractivity contribution < 1.29 is 0 Å². The van der Waals surface area contributed by atoms with Gasteiger partial charge >= 0.3 is 0 Å². The highest BCUT2D eigenvalue weighted by Crippen LogP contribution is 2.58. The fourth-order valence-electron chi connectivity index (χ4n) is 11.0. The Morgan fingerprint density at radius 2 is 1.32 bits per heavy atom. The Bertz CT molecular complexity index is 2880. The molecule has 59 heavy (non-hydrogen) atoms. The number of halogens is 1. The summed E-state index contributed by atoms with van der Waals surface area (Å²) in [7, 11) is 0. The van der Waals surface area contributed by atoms with E-state index >= 15 is 0 Å². The summed E-state index contributed by atoms with van der Waals surface area (Å²) >= 11 is 3.76. The van der Waals surface area contributed by atoms with Crippen molar-refractivity contribution in [2.45, 2.75) is 32.1 Å². The second-order valence-corrected chi connectivity index (χ2v) is 18.2. The van der Waals surface area contributed by atoms with Crippen LogP contribution < -0.4 is 0 Å². The maximum absolute atomic E-state index is 3.76. The zero-order chi connectivity index (χ0) is 39.7. The van der Waals surface area contributed by atoms with Gasteiger partial charge in [0, 0.05) is 32.7 Å². The summed E-state index contributed by atoms with van der Waals surface area (Å²) < 4.78 is 3.72. The largest absolute Gasteiger partial charge is 0.313 e. The maximum Gasteiger partial charge on any atom is 0.0713 e. The first-order valence-electron chi connectivity index (χ1n) is 21.1. The van der Waals surface area contributed by atoms with E-state index in [0.29, 0.717) is 17.8 Å². The van der Waals surface area contributed by atoms with Gasteiger partial charge in [0.1, 0.15) is 0 Å². The minimum absolute atomic E-state index is 0.0172. The average molecular weight is 825 g/mol. The smallest absolute Gasteiger partial charge is 0.0713 e. The van der Waals surface area contributed by atoms with E-state index in [0.717, 1.165) is 12.8 Å². The molecule has 0 radical (unpaired) electrons. The summed E-state index contributed by atoms with van der Waals surface area (Å²) in [5.74, 6) is 1.22. The Balaban J connectivity index is 1.00. The summed E-state index contributed by atoms with van der Waals surface area (Å²) in [6.07, 6.45) is 21.3. The summed E-state index contributed by atoms with van der Waals surface area (Å²) in [4.78, 5) is 0. The minimum atomic E-state index is -0.419. The van der Waals surface area contributed by atoms with E-state index in [1.807, 2.05) is 0 Å². The van der Waals surface area contributed by atoms with Gasteiger partial charge in [-0.3, -0.25) is 0 Å². The molecule has 0 bridgehead atoms. The first-order chi connectivity index (χ1) is 28.9. The van der Waals surface area contributed by atoms with Gasteiger partial charge in [0.25, 0.3) is 0 Å². The van der Waals surface area contributed by atoms with Crippen LogP contribution in [0.25, 0.3) is 44.9 Å². The molecule has 6 aromatic carbocycles. The lowest BCUT2D eigenvalue weighted by Gasteiger charge is -2.39. The number of hydrogen-bond donors (Lipinski definition) is 0. The van der Waals surface area contributed by atoms with E-state index < -0.39 is 5.41 Å². The summed E-state index contributed by atoms with van der Waals surface area (Å²) in [5, 5.41) is 1.32. The monoisotopic (exact) mass is 823 g/mol. The molecule has 286 valence electrons. The van der Waals surface area contributed by atoms with E-state index in [2.05, 4.69) is 235 Å². The number of fused-ring (bicyclic) bond motifs is 6. The highest BCUT2D eigenvalue weighted by Gasteiger charge is 2.46. The fourth-order valence-corrected chi connectivity index (χ4v) is 11.4. The van der Waals surface area contributed by atoms with Gasteiger partial charge in [-0.25, -0.2) is 0 Å². The topological polar surface area (TPSA) is 4.93 Å². The number of benzene rings is 6. The quantitative estimate of drug-likeness (QED) is 0.157. The molecule has 11 rings (SSSR count). The van der Waals surface area contributed by atoms with Crippen molar-refractivity contribution in [3.05, 3.63) is 238 Å². The molecular weight excluding hydrogens is 779 g/mol. The van der Waals surface area contributed by atoms with Crippen LogP contribution in [0.5, 0.6) is 0 Å². The van der Waals surface area contributed by atoms with Crippen molar-refractivity contribution in [3.63, 3.8) is 0 Å². The van der Waals surface area contributed by atoms with Gasteiger partial charge in [0.2, 0.25) is 0 Å². The summed E-state index contributed by atoms with van der Waals surface area (Å²) in [6, 6.07) is 56.5. The average Bonchev–Trinajstić information content (AvgIpc) is 3.79. The van der Waals surface area contributed by atoms with Crippen LogP contribution in [-0.2, 0) is 11.8 Å². The Kier molecular flexibility index (Phi) is 8.64. The standard InChI is InChI=1S/C57H46BrN/c1-38-26-30-44(58)36-50(38)40-15-14-34-56(2,37-40)43-29-33-48-47-20-10-12-25-53(47)59(54(48)35-43)45-31-27-39(28-32-45)46-22-13-24-52-55(46)49-21-9-11-23-51(49)57(52,41-16-5-3-6-17-41)42-18-7-4-8-19-42/h3-33,36-38,43,50H,34-35H2,1-2H3. The molecule has 0 amide bonds. The van der Waals surface area contributed by atoms with Gasteiger partial charge in [-0.15, -0.1) is 0 Å². The van der Waals surface area contributed by atoms with Crippen molar-refractivity contribution >= 4 is 32.9 Å². The molecule has 4 unspecified atom stereocenters. The maximum atomic E-state index is 3.76. The van der Waals surface area contributed by atoms with Gasteiger partial charge in [-0.2, -0.15) is 0 Å². The van der Waals surface area contributed by atoms with Crippen molar-refractivity contribution in [3.8, 4) is 27.9 Å². The van der Waals surface area contributed by atoms with E-state index in [1.54, 1.807) is 0 Å². The molecule has 4 aliphatic rings. The van der Waals surface area contributed by atoms with Crippen LogP contribution in [0.15, 0.2) is 204 Å². The molecule has 0 fully saturated rings. The zero-order valence-electron chi connectivity index (χ0n) is 33.5. The van der Waals surface area contributed by atoms with Crippen LogP contribution in [0, 0.1) is 23.2 Å². The highest BCUT2D eigenvalue weighted by molar-refractivity contribution is 9.11. The SMILES string of the molecule is CC1C=CC(Br)=CC1C1=CC(C)(C2C=Cc3c(n(-c4ccc(-c5cccc6c5-c5ccccc5C6(c5ccccc5)c5ccccc5)cc4)c4ccccc34)C2)CC=C1. The van der Waals surface area contributed by atoms with Gasteiger partial charge in [-0.05, 0) is 98.4 Å². The van der Waals surface area contributed by atoms with Crippen LogP contribution >= 0.6 is 15.9 Å². The van der Waals surface area contributed by atoms with Gasteiger partial charge in [-0.1, -0.05) is 212 Å². The van der Waals surface area contributed by atoms with Gasteiger partial charge in [0.05, 0.1) is 10.9 Å². The van der Waals surface area contributed by atoms with E-state index in [1.165, 1.54) is 82.4 Å². The molecule has 0 N–H and O–H groups in total. The molecule has 4 atom stereocenters. The molecule has 0 spiro atoms. The third-order valence-corrected chi connectivity index (χ3v) is 14.4. The van der Waals surface area contributed by atoms with Crippen molar-refractivity contribution in [1.29, 1.82) is 0 Å². The van der Waals surface area contributed by atoms with E-state index in [-0.39, 0.29) is 5.41 Å². The minimum Gasteiger partial charge on any atom is -0.313 e. The molecule has 1 nitrogen and oxygen atoms in total. The molecule has 1 aromatic heterocycles. The van der Waals surface area contributed by atoms with Crippen LogP contribution in [0.1, 0.15) is 53.8 Å². The Morgan fingerprint density at radius 1 is 0.644 bits per heavy atom. The molecule has 0 saturated heterocycles. The number of aromatic nitrogens is 1. The highest BCUT2D eigenvalue weighted by atomic mass is 79.9. The van der Waals surface area contributed by atoms with Crippen molar-refractivity contribution in [1.82, 2.24) is 4.57 Å². The van der Waals surface area contributed by atoms with Gasteiger partial charge in [0.15, 0.2) is 0 Å². The molecule has 2 heteroatoms. The van der Waals surface area contributed by atoms with E-state index in [4.69, 9.17) is 0 Å².